The maximum atomic E-state index is 12.9. The zero-order valence-electron chi connectivity index (χ0n) is 29.5. The lowest BCUT2D eigenvalue weighted by molar-refractivity contribution is -0.153. The number of esters is 1. The number of rotatable bonds is 12. The summed E-state index contributed by atoms with van der Waals surface area (Å²) in [4.78, 5) is 24.7. The summed E-state index contributed by atoms with van der Waals surface area (Å²) in [6.45, 7) is 18.5. The Morgan fingerprint density at radius 3 is 2.43 bits per heavy atom. The van der Waals surface area contributed by atoms with Crippen LogP contribution >= 0.6 is 0 Å². The van der Waals surface area contributed by atoms with Crippen LogP contribution in [0.4, 0.5) is 4.79 Å². The van der Waals surface area contributed by atoms with E-state index in [4.69, 9.17) is 15.2 Å². The number of carbonyl (C=O) groups excluding carboxylic acids is 2. The standard InChI is InChI=1S/C38H66N2O4/c1-25(2)12-11-13-26(3)30-17-18-31-29-16-15-27-24-28(19-21-37(27,7)32(29)20-22-38(30,31)8)43-34(41)33(39)14-9-10-23-40-35(42)44-36(4,5)6/h15,25-26,28-33H,9-14,16-24,39H2,1-8H3,(H,40,42)/t26-,28+,29+,30-,31+,32+,33+,37+,38-/m1/s1. The number of alkyl carbamates (subject to hydrolysis) is 1. The third kappa shape index (κ3) is 8.23. The molecule has 3 N–H and O–H groups in total. The molecule has 4 aliphatic rings. The molecular weight excluding hydrogens is 548 g/mol. The van der Waals surface area contributed by atoms with Gasteiger partial charge in [0.2, 0.25) is 0 Å². The van der Waals surface area contributed by atoms with Gasteiger partial charge in [0.1, 0.15) is 17.7 Å². The molecule has 0 aliphatic heterocycles. The number of amides is 1. The number of nitrogens with two attached hydrogens (primary N) is 1. The highest BCUT2D eigenvalue weighted by atomic mass is 16.6. The van der Waals surface area contributed by atoms with Gasteiger partial charge in [0.15, 0.2) is 0 Å². The van der Waals surface area contributed by atoms with Crippen molar-refractivity contribution in [1.82, 2.24) is 5.32 Å². The van der Waals surface area contributed by atoms with Gasteiger partial charge in [0, 0.05) is 13.0 Å². The third-order valence-electron chi connectivity index (χ3n) is 12.5. The lowest BCUT2D eigenvalue weighted by atomic mass is 9.47. The van der Waals surface area contributed by atoms with E-state index in [0.29, 0.717) is 18.4 Å². The van der Waals surface area contributed by atoms with Gasteiger partial charge >= 0.3 is 12.1 Å². The van der Waals surface area contributed by atoms with Crippen LogP contribution < -0.4 is 11.1 Å². The molecular formula is C38H66N2O4. The number of unbranched alkanes of at least 4 members (excludes halogenated alkanes) is 1. The number of hydrogen-bond acceptors (Lipinski definition) is 5. The Labute approximate surface area is 269 Å². The van der Waals surface area contributed by atoms with E-state index in [-0.39, 0.29) is 17.5 Å². The molecule has 0 saturated heterocycles. The van der Waals surface area contributed by atoms with E-state index < -0.39 is 17.7 Å². The van der Waals surface area contributed by atoms with Crippen molar-refractivity contribution in [2.24, 2.45) is 52.1 Å². The molecule has 0 unspecified atom stereocenters. The second kappa shape index (κ2) is 14.5. The smallest absolute Gasteiger partial charge is 0.407 e. The second-order valence-corrected chi connectivity index (χ2v) is 17.1. The minimum Gasteiger partial charge on any atom is -0.461 e. The largest absolute Gasteiger partial charge is 0.461 e. The summed E-state index contributed by atoms with van der Waals surface area (Å²) in [5, 5.41) is 2.76. The number of ether oxygens (including phenoxy) is 2. The summed E-state index contributed by atoms with van der Waals surface area (Å²) in [6, 6.07) is -0.617. The first kappa shape index (κ1) is 35.3. The first-order chi connectivity index (χ1) is 20.6. The van der Waals surface area contributed by atoms with Gasteiger partial charge in [0.25, 0.3) is 0 Å². The van der Waals surface area contributed by atoms with E-state index in [9.17, 15) is 9.59 Å². The Balaban J connectivity index is 1.25. The number of fused-ring (bicyclic) bond motifs is 5. The molecule has 0 aromatic heterocycles. The summed E-state index contributed by atoms with van der Waals surface area (Å²) in [5.74, 6) is 4.71. The van der Waals surface area contributed by atoms with E-state index in [0.717, 1.165) is 67.6 Å². The Morgan fingerprint density at radius 1 is 0.977 bits per heavy atom. The van der Waals surface area contributed by atoms with Crippen molar-refractivity contribution in [2.75, 3.05) is 6.54 Å². The van der Waals surface area contributed by atoms with Crippen LogP contribution in [-0.2, 0) is 14.3 Å². The Morgan fingerprint density at radius 2 is 1.73 bits per heavy atom. The van der Waals surface area contributed by atoms with Crippen LogP contribution in [0.2, 0.25) is 0 Å². The summed E-state index contributed by atoms with van der Waals surface area (Å²) in [7, 11) is 0. The van der Waals surface area contributed by atoms with Gasteiger partial charge in [-0.05, 0) is 131 Å². The fourth-order valence-corrected chi connectivity index (χ4v) is 10.1. The Bertz CT molecular complexity index is 1020. The van der Waals surface area contributed by atoms with Crippen LogP contribution in [0.3, 0.4) is 0 Å². The van der Waals surface area contributed by atoms with Crippen molar-refractivity contribution in [1.29, 1.82) is 0 Å². The van der Waals surface area contributed by atoms with Crippen LogP contribution in [0.5, 0.6) is 0 Å². The van der Waals surface area contributed by atoms with Crippen molar-refractivity contribution < 1.29 is 19.1 Å². The molecule has 4 aliphatic carbocycles. The summed E-state index contributed by atoms with van der Waals surface area (Å²) in [6.07, 6.45) is 18.0. The Hall–Kier alpha value is -1.56. The van der Waals surface area contributed by atoms with E-state index in [1.165, 1.54) is 51.4 Å². The molecule has 44 heavy (non-hydrogen) atoms. The molecule has 252 valence electrons. The van der Waals surface area contributed by atoms with Crippen molar-refractivity contribution in [3.63, 3.8) is 0 Å². The minimum atomic E-state index is -0.617. The van der Waals surface area contributed by atoms with E-state index in [1.54, 1.807) is 5.57 Å². The molecule has 4 rings (SSSR count). The average molecular weight is 615 g/mol. The van der Waals surface area contributed by atoms with Gasteiger partial charge in [-0.1, -0.05) is 65.5 Å². The summed E-state index contributed by atoms with van der Waals surface area (Å²) < 4.78 is 11.3. The molecule has 0 aromatic carbocycles. The van der Waals surface area contributed by atoms with Crippen LogP contribution in [0.15, 0.2) is 11.6 Å². The fraction of sp³-hybridized carbons (Fsp3) is 0.895. The lowest BCUT2D eigenvalue weighted by Crippen LogP contribution is -2.51. The number of allylic oxidation sites excluding steroid dienone is 1. The monoisotopic (exact) mass is 615 g/mol. The van der Waals surface area contributed by atoms with Crippen LogP contribution in [0.25, 0.3) is 0 Å². The predicted molar refractivity (Wildman–Crippen MR) is 179 cm³/mol. The molecule has 9 atom stereocenters. The zero-order chi connectivity index (χ0) is 32.3. The van der Waals surface area contributed by atoms with Crippen molar-refractivity contribution in [2.45, 2.75) is 163 Å². The van der Waals surface area contributed by atoms with Crippen LogP contribution in [0, 0.1) is 46.3 Å². The molecule has 3 fully saturated rings. The third-order valence-corrected chi connectivity index (χ3v) is 12.5. The molecule has 0 bridgehead atoms. The predicted octanol–water partition coefficient (Wildman–Crippen LogP) is 8.96. The zero-order valence-corrected chi connectivity index (χ0v) is 29.5. The minimum absolute atomic E-state index is 0.0605. The average Bonchev–Trinajstić information content (AvgIpc) is 3.29. The molecule has 3 saturated carbocycles. The lowest BCUT2D eigenvalue weighted by Gasteiger charge is -2.58. The van der Waals surface area contributed by atoms with Gasteiger partial charge in [-0.3, -0.25) is 4.79 Å². The normalized spacial score (nSPS) is 34.7. The highest BCUT2D eigenvalue weighted by Gasteiger charge is 2.59. The highest BCUT2D eigenvalue weighted by molar-refractivity contribution is 5.75. The second-order valence-electron chi connectivity index (χ2n) is 17.1. The number of nitrogens with one attached hydrogen (secondary N) is 1. The molecule has 6 heteroatoms. The topological polar surface area (TPSA) is 90.6 Å². The molecule has 0 radical (unpaired) electrons. The first-order valence-corrected chi connectivity index (χ1v) is 18.3. The fourth-order valence-electron chi connectivity index (χ4n) is 10.1. The number of carbonyl (C=O) groups is 2. The molecule has 0 heterocycles. The van der Waals surface area contributed by atoms with E-state index in [1.807, 2.05) is 20.8 Å². The van der Waals surface area contributed by atoms with Gasteiger partial charge in [-0.2, -0.15) is 0 Å². The van der Waals surface area contributed by atoms with Crippen molar-refractivity contribution in [3.8, 4) is 0 Å². The number of hydrogen-bond donors (Lipinski definition) is 2. The van der Waals surface area contributed by atoms with Gasteiger partial charge < -0.3 is 20.5 Å². The van der Waals surface area contributed by atoms with E-state index >= 15 is 0 Å². The van der Waals surface area contributed by atoms with Crippen molar-refractivity contribution in [3.05, 3.63) is 11.6 Å². The van der Waals surface area contributed by atoms with Gasteiger partial charge in [0.05, 0.1) is 0 Å². The van der Waals surface area contributed by atoms with Crippen LogP contribution in [-0.4, -0.2) is 36.4 Å². The van der Waals surface area contributed by atoms with E-state index in [2.05, 4.69) is 46.0 Å². The summed E-state index contributed by atoms with van der Waals surface area (Å²) >= 11 is 0. The molecule has 0 spiro atoms. The molecule has 0 aromatic rings. The van der Waals surface area contributed by atoms with Gasteiger partial charge in [-0.15, -0.1) is 0 Å². The SMILES string of the molecule is CC(C)CCC[C@@H](C)[C@H]1CC[C@H]2[C@@H]3CC=C4C[C@@H](OC(=O)[C@@H](N)CCCCNC(=O)OC(C)(C)C)CC[C@]4(C)[C@H]3CC[C@]12C. The quantitative estimate of drug-likeness (QED) is 0.130. The molecule has 6 nitrogen and oxygen atoms in total. The maximum absolute atomic E-state index is 12.9. The molecule has 1 amide bonds. The van der Waals surface area contributed by atoms with Crippen molar-refractivity contribution >= 4 is 12.1 Å². The maximum Gasteiger partial charge on any atom is 0.407 e. The van der Waals surface area contributed by atoms with Crippen LogP contribution in [0.1, 0.15) is 145 Å². The van der Waals surface area contributed by atoms with Gasteiger partial charge in [-0.25, -0.2) is 4.79 Å². The highest BCUT2D eigenvalue weighted by Crippen LogP contribution is 2.67. The first-order valence-electron chi connectivity index (χ1n) is 18.3. The Kier molecular flexibility index (Phi) is 11.6. The summed E-state index contributed by atoms with van der Waals surface area (Å²) in [5.41, 5.74) is 8.03.